The van der Waals surface area contributed by atoms with Crippen molar-refractivity contribution in [3.8, 4) is 0 Å². The van der Waals surface area contributed by atoms with Crippen LogP contribution in [0.1, 0.15) is 44.9 Å². The van der Waals surface area contributed by atoms with Gasteiger partial charge in [-0.05, 0) is 77.5 Å². The zero-order chi connectivity index (χ0) is 22.3. The van der Waals surface area contributed by atoms with E-state index in [-0.39, 0.29) is 0 Å². The molecule has 0 unspecified atom stereocenters. The normalized spacial score (nSPS) is 13.0. The zero-order valence-corrected chi connectivity index (χ0v) is 21.8. The van der Waals surface area contributed by atoms with Crippen molar-refractivity contribution >= 4 is 29.3 Å². The van der Waals surface area contributed by atoms with E-state index in [1.54, 1.807) is 0 Å². The predicted molar refractivity (Wildman–Crippen MR) is 132 cm³/mol. The zero-order valence-electron chi connectivity index (χ0n) is 19.8. The lowest BCUT2D eigenvalue weighted by Gasteiger charge is -2.25. The number of nitrogens with zero attached hydrogens (tertiary/aromatic N) is 3. The van der Waals surface area contributed by atoms with Crippen LogP contribution in [0, 0.1) is 0 Å². The highest BCUT2D eigenvalue weighted by Gasteiger charge is 2.29. The third-order valence-electron chi connectivity index (χ3n) is 4.69. The van der Waals surface area contributed by atoms with Crippen molar-refractivity contribution < 1.29 is 13.3 Å². The molecule has 0 spiro atoms. The van der Waals surface area contributed by atoms with E-state index in [1.807, 2.05) is 44.6 Å². The highest BCUT2D eigenvalue weighted by Crippen LogP contribution is 2.16. The second kappa shape index (κ2) is 14.7. The lowest BCUT2D eigenvalue weighted by Crippen LogP contribution is -2.38. The van der Waals surface area contributed by atoms with Gasteiger partial charge in [-0.2, -0.15) is 0 Å². The summed E-state index contributed by atoms with van der Waals surface area (Å²) in [6.45, 7) is 16.6. The predicted octanol–water partition coefficient (Wildman–Crippen LogP) is 5.09. The minimum absolute atomic E-state index is 0.709. The third kappa shape index (κ3) is 11.9. The minimum atomic E-state index is -2.03. The van der Waals surface area contributed by atoms with Crippen LogP contribution in [0.2, 0.25) is 31.7 Å². The summed E-state index contributed by atoms with van der Waals surface area (Å²) in [4.78, 5) is 13.5. The van der Waals surface area contributed by atoms with Crippen LogP contribution in [0.15, 0.2) is 28.3 Å². The summed E-state index contributed by atoms with van der Waals surface area (Å²) >= 11 is 0. The summed E-state index contributed by atoms with van der Waals surface area (Å²) in [6, 6.07) is 6.11. The summed E-state index contributed by atoms with van der Waals surface area (Å²) in [5.41, 5.74) is 1.88. The van der Waals surface area contributed by atoms with Gasteiger partial charge in [0.2, 0.25) is 0 Å². The maximum atomic E-state index is 5.86. The average Bonchev–Trinajstić information content (AvgIpc) is 2.69. The highest BCUT2D eigenvalue weighted by atomic mass is 28.4. The van der Waals surface area contributed by atoms with Crippen molar-refractivity contribution in [2.75, 3.05) is 32.9 Å². The molecule has 0 aromatic carbocycles. The van der Waals surface area contributed by atoms with E-state index >= 15 is 0 Å². The van der Waals surface area contributed by atoms with E-state index in [1.165, 1.54) is 0 Å². The average molecular weight is 452 g/mol. The Kier molecular flexibility index (Phi) is 13.2. The number of pyridine rings is 1. The first-order chi connectivity index (χ1) is 14.3. The van der Waals surface area contributed by atoms with Gasteiger partial charge in [0.05, 0.1) is 5.69 Å². The molecule has 6 nitrogen and oxygen atoms in total. The Bertz CT molecular complexity index is 631. The fraction of sp³-hybridized carbons (Fsp3) is 0.682. The van der Waals surface area contributed by atoms with E-state index in [0.29, 0.717) is 13.2 Å². The lowest BCUT2D eigenvalue weighted by atomic mass is 10.3. The van der Waals surface area contributed by atoms with Crippen LogP contribution in [-0.2, 0) is 13.3 Å². The van der Waals surface area contributed by atoms with Gasteiger partial charge in [0, 0.05) is 57.1 Å². The van der Waals surface area contributed by atoms with Crippen LogP contribution < -0.4 is 0 Å². The van der Waals surface area contributed by atoms with Gasteiger partial charge in [0.15, 0.2) is 8.32 Å². The lowest BCUT2D eigenvalue weighted by molar-refractivity contribution is 0.188. The Hall–Kier alpha value is -1.20. The first kappa shape index (κ1) is 26.8. The second-order valence-corrected chi connectivity index (χ2v) is 15.6. The first-order valence-corrected chi connectivity index (χ1v) is 16.9. The van der Waals surface area contributed by atoms with Crippen LogP contribution in [0.3, 0.4) is 0 Å². The van der Waals surface area contributed by atoms with E-state index in [9.17, 15) is 0 Å². The number of rotatable bonds is 16. The van der Waals surface area contributed by atoms with Crippen LogP contribution in [0.25, 0.3) is 0 Å². The van der Waals surface area contributed by atoms with Crippen molar-refractivity contribution in [2.45, 2.75) is 65.3 Å². The van der Waals surface area contributed by atoms with Gasteiger partial charge >= 0.3 is 8.56 Å². The third-order valence-corrected chi connectivity index (χ3v) is 10.4. The van der Waals surface area contributed by atoms with Gasteiger partial charge in [-0.25, -0.2) is 0 Å². The molecule has 0 aliphatic carbocycles. The summed E-state index contributed by atoms with van der Waals surface area (Å²) in [5.74, 6) is 0. The summed E-state index contributed by atoms with van der Waals surface area (Å²) in [5, 5.41) is 0. The van der Waals surface area contributed by atoms with Crippen molar-refractivity contribution in [3.63, 3.8) is 0 Å². The fourth-order valence-corrected chi connectivity index (χ4v) is 7.57. The molecule has 0 bridgehead atoms. The van der Waals surface area contributed by atoms with E-state index < -0.39 is 16.9 Å². The van der Waals surface area contributed by atoms with Crippen molar-refractivity contribution in [2.24, 2.45) is 9.98 Å². The van der Waals surface area contributed by atoms with Crippen LogP contribution >= 0.6 is 0 Å². The Labute approximate surface area is 185 Å². The number of hydrogen-bond acceptors (Lipinski definition) is 6. The molecule has 0 saturated carbocycles. The molecule has 1 heterocycles. The summed E-state index contributed by atoms with van der Waals surface area (Å²) in [6.07, 6.45) is 7.61. The van der Waals surface area contributed by atoms with Gasteiger partial charge in [-0.1, -0.05) is 0 Å². The molecule has 1 aromatic heterocycles. The largest absolute Gasteiger partial charge is 0.418 e. The quantitative estimate of drug-likeness (QED) is 0.199. The van der Waals surface area contributed by atoms with E-state index in [2.05, 4.69) is 41.5 Å². The van der Waals surface area contributed by atoms with Crippen LogP contribution in [0.4, 0.5) is 0 Å². The minimum Gasteiger partial charge on any atom is -0.418 e. The van der Waals surface area contributed by atoms with E-state index in [4.69, 9.17) is 13.3 Å². The van der Waals surface area contributed by atoms with Gasteiger partial charge in [0.25, 0.3) is 0 Å². The summed E-state index contributed by atoms with van der Waals surface area (Å²) < 4.78 is 17.6. The van der Waals surface area contributed by atoms with Crippen molar-refractivity contribution in [1.29, 1.82) is 0 Å². The molecule has 0 fully saturated rings. The van der Waals surface area contributed by atoms with Crippen molar-refractivity contribution in [3.05, 3.63) is 29.6 Å². The SMILES string of the molecule is CCO[Si](C)(C)CCCN=Cc1ccc(C=NCCC[Si](C)(OCC)OCC)cn1. The molecule has 0 atom stereocenters. The molecule has 1 aromatic rings. The molecule has 0 aliphatic rings. The molecule has 0 radical (unpaired) electrons. The molecule has 0 N–H and O–H groups in total. The molecule has 0 aliphatic heterocycles. The van der Waals surface area contributed by atoms with Gasteiger partial charge < -0.3 is 13.3 Å². The highest BCUT2D eigenvalue weighted by molar-refractivity contribution is 6.71. The fourth-order valence-electron chi connectivity index (χ4n) is 3.24. The van der Waals surface area contributed by atoms with E-state index in [0.717, 1.165) is 55.9 Å². The van der Waals surface area contributed by atoms with Crippen LogP contribution in [0.5, 0.6) is 0 Å². The topological polar surface area (TPSA) is 65.3 Å². The maximum absolute atomic E-state index is 5.86. The molecular weight excluding hydrogens is 410 g/mol. The second-order valence-electron chi connectivity index (χ2n) is 7.99. The number of aromatic nitrogens is 1. The Morgan fingerprint density at radius 3 is 2.00 bits per heavy atom. The molecule has 8 heteroatoms. The standard InChI is InChI=1S/C22H41N3O3Si2/c1-7-26-29(4,5)16-10-14-24-20-22-13-12-21(19-25-22)18-23-15-11-17-30(6,27-8-2)28-9-3/h12-13,18-20H,7-11,14-17H2,1-6H3. The Balaban J connectivity index is 2.35. The van der Waals surface area contributed by atoms with Crippen LogP contribution in [-0.4, -0.2) is 67.2 Å². The monoisotopic (exact) mass is 451 g/mol. The molecule has 0 amide bonds. The maximum Gasteiger partial charge on any atom is 0.334 e. The first-order valence-electron chi connectivity index (χ1n) is 11.2. The Morgan fingerprint density at radius 2 is 1.43 bits per heavy atom. The smallest absolute Gasteiger partial charge is 0.334 e. The number of hydrogen-bond donors (Lipinski definition) is 0. The number of aliphatic imine (C=N–C) groups is 2. The van der Waals surface area contributed by atoms with Gasteiger partial charge in [-0.3, -0.25) is 15.0 Å². The molecular formula is C22H41N3O3Si2. The van der Waals surface area contributed by atoms with Gasteiger partial charge in [-0.15, -0.1) is 0 Å². The summed E-state index contributed by atoms with van der Waals surface area (Å²) in [7, 11) is -3.52. The molecule has 30 heavy (non-hydrogen) atoms. The molecule has 0 saturated heterocycles. The Morgan fingerprint density at radius 1 is 0.833 bits per heavy atom. The van der Waals surface area contributed by atoms with Crippen molar-refractivity contribution in [1.82, 2.24) is 4.98 Å². The molecule has 170 valence electrons. The van der Waals surface area contributed by atoms with Gasteiger partial charge in [0.1, 0.15) is 0 Å². The molecule has 1 rings (SSSR count).